The van der Waals surface area contributed by atoms with Gasteiger partial charge in [0.05, 0.1) is 6.61 Å². The minimum Gasteiger partial charge on any atom is -0.457 e. The first-order valence-corrected chi connectivity index (χ1v) is 6.79. The zero-order valence-corrected chi connectivity index (χ0v) is 12.4. The summed E-state index contributed by atoms with van der Waals surface area (Å²) in [4.78, 5) is 0. The van der Waals surface area contributed by atoms with Crippen LogP contribution in [-0.2, 0) is 17.9 Å². The van der Waals surface area contributed by atoms with E-state index in [1.54, 1.807) is 7.11 Å². The minimum absolute atomic E-state index is 0.571. The van der Waals surface area contributed by atoms with Crippen LogP contribution in [0.4, 0.5) is 0 Å². The largest absolute Gasteiger partial charge is 0.457 e. The van der Waals surface area contributed by atoms with Crippen LogP contribution in [-0.4, -0.2) is 14.2 Å². The van der Waals surface area contributed by atoms with Crippen LogP contribution in [0.15, 0.2) is 42.5 Å². The first-order chi connectivity index (χ1) is 9.72. The van der Waals surface area contributed by atoms with Crippen LogP contribution in [0.2, 0.25) is 5.02 Å². The number of hydrogen-bond acceptors (Lipinski definition) is 3. The van der Waals surface area contributed by atoms with E-state index >= 15 is 0 Å². The zero-order valence-electron chi connectivity index (χ0n) is 11.7. The average molecular weight is 292 g/mol. The number of benzene rings is 2. The van der Waals surface area contributed by atoms with Crippen molar-refractivity contribution in [2.24, 2.45) is 0 Å². The molecule has 0 aliphatic heterocycles. The molecule has 2 aromatic rings. The average Bonchev–Trinajstić information content (AvgIpc) is 2.43. The van der Waals surface area contributed by atoms with Crippen LogP contribution in [0, 0.1) is 0 Å². The van der Waals surface area contributed by atoms with Gasteiger partial charge in [0, 0.05) is 24.2 Å². The van der Waals surface area contributed by atoms with Gasteiger partial charge in [-0.25, -0.2) is 0 Å². The van der Waals surface area contributed by atoms with E-state index in [2.05, 4.69) is 5.32 Å². The highest BCUT2D eigenvalue weighted by molar-refractivity contribution is 6.30. The third kappa shape index (κ3) is 3.97. The molecule has 0 unspecified atom stereocenters. The second-order valence-corrected chi connectivity index (χ2v) is 4.90. The quantitative estimate of drug-likeness (QED) is 0.873. The van der Waals surface area contributed by atoms with Gasteiger partial charge in [-0.1, -0.05) is 23.7 Å². The molecule has 0 aromatic heterocycles. The molecule has 4 heteroatoms. The van der Waals surface area contributed by atoms with Gasteiger partial charge in [0.2, 0.25) is 0 Å². The number of methoxy groups -OCH3 is 1. The van der Waals surface area contributed by atoms with E-state index in [0.29, 0.717) is 18.2 Å². The molecule has 0 amide bonds. The number of halogens is 1. The smallest absolute Gasteiger partial charge is 0.132 e. The summed E-state index contributed by atoms with van der Waals surface area (Å²) in [5.74, 6) is 1.59. The SMILES string of the molecule is CNCc1cc(Cl)ccc1Oc1cccc(COC)c1. The maximum atomic E-state index is 6.02. The molecular formula is C16H18ClNO2. The van der Waals surface area contributed by atoms with Gasteiger partial charge in [0.1, 0.15) is 11.5 Å². The summed E-state index contributed by atoms with van der Waals surface area (Å²) in [5.41, 5.74) is 2.10. The maximum absolute atomic E-state index is 6.02. The molecule has 0 saturated heterocycles. The summed E-state index contributed by atoms with van der Waals surface area (Å²) < 4.78 is 11.1. The highest BCUT2D eigenvalue weighted by atomic mass is 35.5. The standard InChI is InChI=1S/C16H18ClNO2/c1-18-10-13-9-14(17)6-7-16(13)20-15-5-3-4-12(8-15)11-19-2/h3-9,18H,10-11H2,1-2H3. The highest BCUT2D eigenvalue weighted by Gasteiger charge is 2.06. The van der Waals surface area contributed by atoms with E-state index in [-0.39, 0.29) is 0 Å². The topological polar surface area (TPSA) is 30.5 Å². The van der Waals surface area contributed by atoms with Crippen molar-refractivity contribution in [3.63, 3.8) is 0 Å². The molecule has 0 radical (unpaired) electrons. The Morgan fingerprint density at radius 3 is 2.75 bits per heavy atom. The fraction of sp³-hybridized carbons (Fsp3) is 0.250. The Bertz CT molecular complexity index is 572. The Balaban J connectivity index is 2.22. The van der Waals surface area contributed by atoms with Crippen molar-refractivity contribution < 1.29 is 9.47 Å². The van der Waals surface area contributed by atoms with Crippen LogP contribution in [0.3, 0.4) is 0 Å². The number of hydrogen-bond donors (Lipinski definition) is 1. The van der Waals surface area contributed by atoms with Crippen LogP contribution < -0.4 is 10.1 Å². The molecule has 0 saturated carbocycles. The van der Waals surface area contributed by atoms with Crippen molar-refractivity contribution in [2.75, 3.05) is 14.2 Å². The molecule has 2 rings (SSSR count). The van der Waals surface area contributed by atoms with Gasteiger partial charge < -0.3 is 14.8 Å². The molecule has 0 aliphatic rings. The summed E-state index contributed by atoms with van der Waals surface area (Å²) >= 11 is 6.02. The predicted molar refractivity (Wildman–Crippen MR) is 81.4 cm³/mol. The Morgan fingerprint density at radius 2 is 2.00 bits per heavy atom. The molecule has 0 aliphatic carbocycles. The van der Waals surface area contributed by atoms with Crippen LogP contribution >= 0.6 is 11.6 Å². The van der Waals surface area contributed by atoms with E-state index in [1.807, 2.05) is 49.5 Å². The van der Waals surface area contributed by atoms with Crippen molar-refractivity contribution >= 4 is 11.6 Å². The molecule has 0 heterocycles. The summed E-state index contributed by atoms with van der Waals surface area (Å²) in [5, 5.41) is 3.81. The molecule has 20 heavy (non-hydrogen) atoms. The Labute approximate surface area is 124 Å². The van der Waals surface area contributed by atoms with Crippen molar-refractivity contribution in [2.45, 2.75) is 13.2 Å². The summed E-state index contributed by atoms with van der Waals surface area (Å²) in [7, 11) is 3.57. The van der Waals surface area contributed by atoms with E-state index in [9.17, 15) is 0 Å². The van der Waals surface area contributed by atoms with E-state index in [4.69, 9.17) is 21.1 Å². The molecule has 0 fully saturated rings. The molecule has 2 aromatic carbocycles. The lowest BCUT2D eigenvalue weighted by molar-refractivity contribution is 0.184. The number of rotatable bonds is 6. The van der Waals surface area contributed by atoms with Gasteiger partial charge in [-0.05, 0) is 42.9 Å². The second-order valence-electron chi connectivity index (χ2n) is 4.46. The fourth-order valence-corrected chi connectivity index (χ4v) is 2.16. The predicted octanol–water partition coefficient (Wildman–Crippen LogP) is 4.00. The highest BCUT2D eigenvalue weighted by Crippen LogP contribution is 2.28. The molecule has 106 valence electrons. The van der Waals surface area contributed by atoms with Crippen molar-refractivity contribution in [3.8, 4) is 11.5 Å². The first-order valence-electron chi connectivity index (χ1n) is 6.41. The fourth-order valence-electron chi connectivity index (χ4n) is 1.97. The van der Waals surface area contributed by atoms with E-state index in [1.165, 1.54) is 0 Å². The maximum Gasteiger partial charge on any atom is 0.132 e. The summed E-state index contributed by atoms with van der Waals surface area (Å²) in [6.45, 7) is 1.27. The molecule has 3 nitrogen and oxygen atoms in total. The van der Waals surface area contributed by atoms with Crippen molar-refractivity contribution in [1.82, 2.24) is 5.32 Å². The Hall–Kier alpha value is -1.55. The summed E-state index contributed by atoms with van der Waals surface area (Å²) in [6, 6.07) is 13.5. The molecule has 0 atom stereocenters. The van der Waals surface area contributed by atoms with Crippen molar-refractivity contribution in [3.05, 3.63) is 58.6 Å². The molecule has 0 spiro atoms. The number of ether oxygens (including phenoxy) is 2. The normalized spacial score (nSPS) is 10.6. The lowest BCUT2D eigenvalue weighted by atomic mass is 10.2. The van der Waals surface area contributed by atoms with Gasteiger partial charge in [-0.2, -0.15) is 0 Å². The second kappa shape index (κ2) is 7.29. The monoisotopic (exact) mass is 291 g/mol. The van der Waals surface area contributed by atoms with Gasteiger partial charge >= 0.3 is 0 Å². The summed E-state index contributed by atoms with van der Waals surface area (Å²) in [6.07, 6.45) is 0. The van der Waals surface area contributed by atoms with Crippen LogP contribution in [0.5, 0.6) is 11.5 Å². The third-order valence-corrected chi connectivity index (χ3v) is 3.06. The molecule has 1 N–H and O–H groups in total. The Kier molecular flexibility index (Phi) is 5.41. The lowest BCUT2D eigenvalue weighted by Gasteiger charge is -2.12. The minimum atomic E-state index is 0.571. The molecule has 0 bridgehead atoms. The first kappa shape index (κ1) is 14.9. The van der Waals surface area contributed by atoms with Crippen molar-refractivity contribution in [1.29, 1.82) is 0 Å². The van der Waals surface area contributed by atoms with Gasteiger partial charge in [-0.15, -0.1) is 0 Å². The lowest BCUT2D eigenvalue weighted by Crippen LogP contribution is -2.06. The van der Waals surface area contributed by atoms with Gasteiger partial charge in [0.15, 0.2) is 0 Å². The van der Waals surface area contributed by atoms with Gasteiger partial charge in [-0.3, -0.25) is 0 Å². The third-order valence-electron chi connectivity index (χ3n) is 2.83. The van der Waals surface area contributed by atoms with Crippen LogP contribution in [0.1, 0.15) is 11.1 Å². The van der Waals surface area contributed by atoms with Crippen LogP contribution in [0.25, 0.3) is 0 Å². The van der Waals surface area contributed by atoms with E-state index in [0.717, 1.165) is 22.6 Å². The number of nitrogens with one attached hydrogen (secondary N) is 1. The zero-order chi connectivity index (χ0) is 14.4. The van der Waals surface area contributed by atoms with Gasteiger partial charge in [0.25, 0.3) is 0 Å². The molecular weight excluding hydrogens is 274 g/mol. The Morgan fingerprint density at radius 1 is 1.15 bits per heavy atom. The van der Waals surface area contributed by atoms with E-state index < -0.39 is 0 Å².